The lowest BCUT2D eigenvalue weighted by Crippen LogP contribution is -2.62. The van der Waals surface area contributed by atoms with Gasteiger partial charge in [-0.2, -0.15) is 0 Å². The molecule has 2 aliphatic carbocycles. The zero-order valence-electron chi connectivity index (χ0n) is 19.3. The number of likely N-dealkylation sites (tertiary alicyclic amines) is 1. The Bertz CT molecular complexity index is 1080. The Hall–Kier alpha value is -3.35. The van der Waals surface area contributed by atoms with E-state index in [0.717, 1.165) is 0 Å². The number of benzene rings is 2. The standard InChI is InChI=1S/C27H30N2O5/c1-2-27(25(31)32)15-29(16-27)24(30)17-11-12-18(13-17)28-26(33)34-14-23-21-9-5-3-7-19(21)20-8-4-6-10-22(20)23/h3-10,17-18,23H,2,11-16H2,1H3,(H,28,33)(H,31,32)/t17-,18+/m0/s1. The van der Waals surface area contributed by atoms with Crippen LogP contribution in [-0.4, -0.2) is 53.7 Å². The van der Waals surface area contributed by atoms with Gasteiger partial charge in [0.1, 0.15) is 12.0 Å². The average molecular weight is 463 g/mol. The summed E-state index contributed by atoms with van der Waals surface area (Å²) in [7, 11) is 0. The number of ether oxygens (including phenoxy) is 1. The normalized spacial score (nSPS) is 22.4. The second-order valence-electron chi connectivity index (χ2n) is 9.81. The smallest absolute Gasteiger partial charge is 0.407 e. The first-order valence-electron chi connectivity index (χ1n) is 12.1. The molecule has 0 spiro atoms. The number of alkyl carbamates (subject to hydrolysis) is 1. The molecule has 1 saturated carbocycles. The molecule has 7 nitrogen and oxygen atoms in total. The minimum absolute atomic E-state index is 0.00200. The maximum Gasteiger partial charge on any atom is 0.407 e. The number of hydrogen-bond donors (Lipinski definition) is 2. The van der Waals surface area contributed by atoms with Crippen molar-refractivity contribution in [2.24, 2.45) is 11.3 Å². The summed E-state index contributed by atoms with van der Waals surface area (Å²) in [5.41, 5.74) is 3.91. The highest BCUT2D eigenvalue weighted by Gasteiger charge is 2.51. The molecule has 0 radical (unpaired) electrons. The number of nitrogens with zero attached hydrogens (tertiary/aromatic N) is 1. The topological polar surface area (TPSA) is 95.9 Å². The van der Waals surface area contributed by atoms with Crippen molar-refractivity contribution in [3.63, 3.8) is 0 Å². The molecular formula is C27H30N2O5. The fraction of sp³-hybridized carbons (Fsp3) is 0.444. The molecule has 2 N–H and O–H groups in total. The number of carbonyl (C=O) groups excluding carboxylic acids is 2. The highest BCUT2D eigenvalue weighted by Crippen LogP contribution is 2.44. The fourth-order valence-corrected chi connectivity index (χ4v) is 5.75. The van der Waals surface area contributed by atoms with Crippen molar-refractivity contribution in [1.29, 1.82) is 0 Å². The van der Waals surface area contributed by atoms with E-state index in [1.165, 1.54) is 22.3 Å². The first kappa shape index (κ1) is 22.4. The summed E-state index contributed by atoms with van der Waals surface area (Å²) >= 11 is 0. The van der Waals surface area contributed by atoms with Gasteiger partial charge >= 0.3 is 12.1 Å². The van der Waals surface area contributed by atoms with E-state index in [1.54, 1.807) is 4.90 Å². The fourth-order valence-electron chi connectivity index (χ4n) is 5.75. The van der Waals surface area contributed by atoms with Gasteiger partial charge in [-0.1, -0.05) is 55.5 Å². The van der Waals surface area contributed by atoms with Crippen LogP contribution in [0.5, 0.6) is 0 Å². The molecule has 0 unspecified atom stereocenters. The molecule has 1 saturated heterocycles. The van der Waals surface area contributed by atoms with E-state index < -0.39 is 17.5 Å². The summed E-state index contributed by atoms with van der Waals surface area (Å²) < 4.78 is 5.63. The number of nitrogens with one attached hydrogen (secondary N) is 1. The minimum Gasteiger partial charge on any atom is -0.481 e. The lowest BCUT2D eigenvalue weighted by Gasteiger charge is -2.47. The second kappa shape index (κ2) is 8.78. The highest BCUT2D eigenvalue weighted by atomic mass is 16.5. The molecule has 0 bridgehead atoms. The number of carboxylic acid groups (broad SMARTS) is 1. The van der Waals surface area contributed by atoms with E-state index in [9.17, 15) is 19.5 Å². The Morgan fingerprint density at radius 2 is 1.65 bits per heavy atom. The predicted octanol–water partition coefficient (Wildman–Crippen LogP) is 4.02. The van der Waals surface area contributed by atoms with Gasteiger partial charge in [0.2, 0.25) is 5.91 Å². The van der Waals surface area contributed by atoms with Gasteiger partial charge in [0.25, 0.3) is 0 Å². The summed E-state index contributed by atoms with van der Waals surface area (Å²) in [5.74, 6) is -1.000. The third-order valence-corrected chi connectivity index (χ3v) is 7.88. The van der Waals surface area contributed by atoms with Crippen LogP contribution in [0.4, 0.5) is 4.79 Å². The molecule has 34 heavy (non-hydrogen) atoms. The Morgan fingerprint density at radius 1 is 1.03 bits per heavy atom. The van der Waals surface area contributed by atoms with Crippen LogP contribution in [-0.2, 0) is 14.3 Å². The Labute approximate surface area is 199 Å². The van der Waals surface area contributed by atoms with Gasteiger partial charge in [0.05, 0.1) is 0 Å². The number of fused-ring (bicyclic) bond motifs is 3. The monoisotopic (exact) mass is 462 g/mol. The Balaban J connectivity index is 1.13. The third kappa shape index (κ3) is 3.83. The van der Waals surface area contributed by atoms with Crippen molar-refractivity contribution in [3.05, 3.63) is 59.7 Å². The molecule has 2 aromatic rings. The summed E-state index contributed by atoms with van der Waals surface area (Å²) in [6.45, 7) is 2.66. The van der Waals surface area contributed by atoms with Crippen LogP contribution in [0.2, 0.25) is 0 Å². The molecule has 2 fully saturated rings. The van der Waals surface area contributed by atoms with E-state index >= 15 is 0 Å². The van der Waals surface area contributed by atoms with Gasteiger partial charge in [-0.25, -0.2) is 4.79 Å². The number of rotatable bonds is 6. The van der Waals surface area contributed by atoms with Crippen molar-refractivity contribution >= 4 is 18.0 Å². The molecule has 3 aliphatic rings. The first-order valence-corrected chi connectivity index (χ1v) is 12.1. The average Bonchev–Trinajstić information content (AvgIpc) is 3.40. The van der Waals surface area contributed by atoms with Crippen molar-refractivity contribution in [1.82, 2.24) is 10.2 Å². The van der Waals surface area contributed by atoms with Crippen molar-refractivity contribution in [2.45, 2.75) is 44.6 Å². The third-order valence-electron chi connectivity index (χ3n) is 7.88. The number of aliphatic carboxylic acids is 1. The lowest BCUT2D eigenvalue weighted by atomic mass is 9.77. The summed E-state index contributed by atoms with van der Waals surface area (Å²) in [4.78, 5) is 38.5. The zero-order chi connectivity index (χ0) is 23.9. The minimum atomic E-state index is -0.833. The summed E-state index contributed by atoms with van der Waals surface area (Å²) in [6.07, 6.45) is 2.02. The summed E-state index contributed by atoms with van der Waals surface area (Å²) in [6, 6.07) is 16.3. The van der Waals surface area contributed by atoms with Crippen LogP contribution in [0, 0.1) is 11.3 Å². The van der Waals surface area contributed by atoms with Crippen LogP contribution in [0.3, 0.4) is 0 Å². The van der Waals surface area contributed by atoms with Crippen molar-refractivity contribution < 1.29 is 24.2 Å². The number of hydrogen-bond acceptors (Lipinski definition) is 4. The van der Waals surface area contributed by atoms with Gasteiger partial charge < -0.3 is 20.1 Å². The number of carboxylic acids is 1. The van der Waals surface area contributed by atoms with Crippen LogP contribution in [0.1, 0.15) is 49.7 Å². The van der Waals surface area contributed by atoms with Crippen LogP contribution in [0.25, 0.3) is 11.1 Å². The maximum atomic E-state index is 12.8. The first-order chi connectivity index (χ1) is 16.4. The van der Waals surface area contributed by atoms with Gasteiger partial charge in [-0.3, -0.25) is 9.59 Å². The highest BCUT2D eigenvalue weighted by molar-refractivity contribution is 5.85. The molecule has 5 rings (SSSR count). The van der Waals surface area contributed by atoms with E-state index in [-0.39, 0.29) is 43.5 Å². The second-order valence-corrected chi connectivity index (χ2v) is 9.81. The maximum absolute atomic E-state index is 12.8. The lowest BCUT2D eigenvalue weighted by molar-refractivity contribution is -0.168. The van der Waals surface area contributed by atoms with Gasteiger partial charge in [-0.05, 0) is 47.9 Å². The van der Waals surface area contributed by atoms with Crippen molar-refractivity contribution in [2.75, 3.05) is 19.7 Å². The largest absolute Gasteiger partial charge is 0.481 e. The molecule has 2 amide bonds. The summed E-state index contributed by atoms with van der Waals surface area (Å²) in [5, 5.41) is 12.4. The van der Waals surface area contributed by atoms with Gasteiger partial charge in [-0.15, -0.1) is 0 Å². The molecule has 178 valence electrons. The van der Waals surface area contributed by atoms with Gasteiger partial charge in [0.15, 0.2) is 0 Å². The molecule has 0 aromatic heterocycles. The molecule has 1 heterocycles. The van der Waals surface area contributed by atoms with E-state index in [4.69, 9.17) is 4.74 Å². The van der Waals surface area contributed by atoms with Crippen LogP contribution < -0.4 is 5.32 Å². The number of carbonyl (C=O) groups is 3. The van der Waals surface area contributed by atoms with Crippen molar-refractivity contribution in [3.8, 4) is 11.1 Å². The molecular weight excluding hydrogens is 432 g/mol. The molecule has 2 atom stereocenters. The predicted molar refractivity (Wildman–Crippen MR) is 126 cm³/mol. The number of amides is 2. The van der Waals surface area contributed by atoms with E-state index in [2.05, 4.69) is 29.6 Å². The Morgan fingerprint density at radius 3 is 2.24 bits per heavy atom. The van der Waals surface area contributed by atoms with Crippen LogP contribution in [0.15, 0.2) is 48.5 Å². The zero-order valence-corrected chi connectivity index (χ0v) is 19.3. The Kier molecular flexibility index (Phi) is 5.80. The molecule has 1 aliphatic heterocycles. The SMILES string of the molecule is CCC1(C(=O)O)CN(C(=O)[C@H]2CC[C@@H](NC(=O)OCC3c4ccccc4-c4ccccc43)C2)C1. The quantitative estimate of drug-likeness (QED) is 0.676. The van der Waals surface area contributed by atoms with E-state index in [1.807, 2.05) is 31.2 Å². The molecule has 2 aromatic carbocycles. The van der Waals surface area contributed by atoms with Gasteiger partial charge in [0, 0.05) is 31.0 Å². The van der Waals surface area contributed by atoms with E-state index in [0.29, 0.717) is 25.7 Å². The molecule has 7 heteroatoms. The van der Waals surface area contributed by atoms with Crippen LogP contribution >= 0.6 is 0 Å².